The summed E-state index contributed by atoms with van der Waals surface area (Å²) < 4.78 is 13.3. The largest absolute Gasteiger partial charge is 0.340 e. The number of aryl methyl sites for hydroxylation is 1. The zero-order valence-electron chi connectivity index (χ0n) is 14.7. The number of anilines is 5. The van der Waals surface area contributed by atoms with Gasteiger partial charge in [0.2, 0.25) is 5.91 Å². The average Bonchev–Trinajstić information content (AvgIpc) is 2.59. The van der Waals surface area contributed by atoms with Gasteiger partial charge in [0, 0.05) is 30.1 Å². The van der Waals surface area contributed by atoms with Crippen LogP contribution in [0.4, 0.5) is 33.1 Å². The Bertz CT molecular complexity index is 978. The van der Waals surface area contributed by atoms with Crippen LogP contribution in [-0.4, -0.2) is 15.9 Å². The number of halogens is 2. The van der Waals surface area contributed by atoms with E-state index in [0.717, 1.165) is 5.69 Å². The van der Waals surface area contributed by atoms with E-state index >= 15 is 0 Å². The second-order valence-corrected chi connectivity index (χ2v) is 6.23. The predicted molar refractivity (Wildman–Crippen MR) is 105 cm³/mol. The van der Waals surface area contributed by atoms with Crippen LogP contribution in [0.5, 0.6) is 0 Å². The number of carbonyl (C=O) groups is 1. The summed E-state index contributed by atoms with van der Waals surface area (Å²) in [6, 6.07) is 13.3. The van der Waals surface area contributed by atoms with Crippen molar-refractivity contribution in [2.45, 2.75) is 13.8 Å². The smallest absolute Gasteiger partial charge is 0.221 e. The fraction of sp³-hybridized carbons (Fsp3) is 0.105. The highest BCUT2D eigenvalue weighted by Crippen LogP contribution is 2.24. The Morgan fingerprint density at radius 1 is 0.926 bits per heavy atom. The van der Waals surface area contributed by atoms with Crippen LogP contribution in [0, 0.1) is 12.7 Å². The molecular weight excluding hydrogens is 369 g/mol. The predicted octanol–water partition coefficient (Wildman–Crippen LogP) is 5.02. The second kappa shape index (κ2) is 8.01. The number of amides is 1. The Morgan fingerprint density at radius 2 is 1.48 bits per heavy atom. The van der Waals surface area contributed by atoms with Gasteiger partial charge in [-0.05, 0) is 49.4 Å². The molecule has 0 aliphatic carbocycles. The third kappa shape index (κ3) is 5.15. The molecule has 0 aliphatic heterocycles. The zero-order valence-corrected chi connectivity index (χ0v) is 15.4. The Balaban J connectivity index is 1.76. The van der Waals surface area contributed by atoms with Gasteiger partial charge in [0.15, 0.2) is 0 Å². The molecule has 138 valence electrons. The molecule has 1 heterocycles. The minimum Gasteiger partial charge on any atom is -0.340 e. The van der Waals surface area contributed by atoms with Crippen molar-refractivity contribution in [2.75, 3.05) is 16.0 Å². The quantitative estimate of drug-likeness (QED) is 0.574. The third-order valence-electron chi connectivity index (χ3n) is 3.51. The Kier molecular flexibility index (Phi) is 5.52. The first kappa shape index (κ1) is 18.6. The number of aromatic nitrogens is 2. The van der Waals surface area contributed by atoms with Crippen molar-refractivity contribution in [3.05, 3.63) is 65.2 Å². The van der Waals surface area contributed by atoms with Crippen molar-refractivity contribution in [3.8, 4) is 0 Å². The molecule has 6 nitrogen and oxygen atoms in total. The number of nitrogens with one attached hydrogen (secondary N) is 3. The van der Waals surface area contributed by atoms with Gasteiger partial charge >= 0.3 is 0 Å². The third-order valence-corrected chi connectivity index (χ3v) is 3.80. The summed E-state index contributed by atoms with van der Waals surface area (Å²) in [6.07, 6.45) is 0. The lowest BCUT2D eigenvalue weighted by Gasteiger charge is -2.11. The first-order valence-electron chi connectivity index (χ1n) is 8.11. The van der Waals surface area contributed by atoms with Crippen molar-refractivity contribution in [1.82, 2.24) is 9.97 Å². The van der Waals surface area contributed by atoms with E-state index in [1.807, 2.05) is 12.1 Å². The fourth-order valence-corrected chi connectivity index (χ4v) is 2.59. The van der Waals surface area contributed by atoms with Crippen LogP contribution in [0.3, 0.4) is 0 Å². The van der Waals surface area contributed by atoms with Gasteiger partial charge in [-0.15, -0.1) is 0 Å². The van der Waals surface area contributed by atoms with E-state index in [4.69, 9.17) is 11.6 Å². The molecule has 0 spiro atoms. The van der Waals surface area contributed by atoms with Gasteiger partial charge in [-0.1, -0.05) is 11.6 Å². The van der Waals surface area contributed by atoms with Gasteiger partial charge in [0.25, 0.3) is 0 Å². The molecule has 2 aromatic carbocycles. The van der Waals surface area contributed by atoms with E-state index in [-0.39, 0.29) is 10.9 Å². The lowest BCUT2D eigenvalue weighted by atomic mass is 10.2. The summed E-state index contributed by atoms with van der Waals surface area (Å²) in [5, 5.41) is 9.00. The van der Waals surface area contributed by atoms with Crippen LogP contribution in [-0.2, 0) is 4.79 Å². The number of hydrogen-bond acceptors (Lipinski definition) is 5. The maximum absolute atomic E-state index is 13.3. The number of hydrogen-bond donors (Lipinski definition) is 3. The highest BCUT2D eigenvalue weighted by Gasteiger charge is 2.06. The fourth-order valence-electron chi connectivity index (χ4n) is 2.41. The summed E-state index contributed by atoms with van der Waals surface area (Å²) in [5.41, 5.74) is 2.13. The summed E-state index contributed by atoms with van der Waals surface area (Å²) in [5.74, 6) is 1.09. The van der Waals surface area contributed by atoms with Crippen LogP contribution in [0.25, 0.3) is 0 Å². The van der Waals surface area contributed by atoms with Gasteiger partial charge in [0.05, 0.1) is 5.02 Å². The summed E-state index contributed by atoms with van der Waals surface area (Å²) in [7, 11) is 0. The molecule has 27 heavy (non-hydrogen) atoms. The summed E-state index contributed by atoms with van der Waals surface area (Å²) in [4.78, 5) is 19.8. The van der Waals surface area contributed by atoms with E-state index in [2.05, 4.69) is 25.9 Å². The van der Waals surface area contributed by atoms with Crippen LogP contribution >= 0.6 is 11.6 Å². The van der Waals surface area contributed by atoms with E-state index < -0.39 is 5.82 Å². The zero-order chi connectivity index (χ0) is 19.4. The molecule has 0 aliphatic rings. The Morgan fingerprint density at radius 3 is 2.07 bits per heavy atom. The standard InChI is InChI=1S/C19H17ClFN5O/c1-11-22-18(25-14-5-3-13(4-6-14)24-12(2)27)10-19(23-11)26-15-7-8-17(21)16(20)9-15/h3-10H,1-2H3,(H,24,27)(H2,22,23,25,26). The molecule has 1 amide bonds. The van der Waals surface area contributed by atoms with Gasteiger partial charge in [-0.3, -0.25) is 4.79 Å². The topological polar surface area (TPSA) is 78.9 Å². The maximum Gasteiger partial charge on any atom is 0.221 e. The summed E-state index contributed by atoms with van der Waals surface area (Å²) >= 11 is 5.81. The molecule has 0 atom stereocenters. The van der Waals surface area contributed by atoms with Crippen LogP contribution in [0.15, 0.2) is 48.5 Å². The monoisotopic (exact) mass is 385 g/mol. The molecule has 0 saturated carbocycles. The second-order valence-electron chi connectivity index (χ2n) is 5.82. The molecule has 3 rings (SSSR count). The number of carbonyl (C=O) groups excluding carboxylic acids is 1. The van der Waals surface area contributed by atoms with Crippen molar-refractivity contribution in [2.24, 2.45) is 0 Å². The van der Waals surface area contributed by atoms with E-state index in [1.165, 1.54) is 19.1 Å². The molecule has 0 radical (unpaired) electrons. The molecular formula is C19H17ClFN5O. The van der Waals surface area contributed by atoms with E-state index in [9.17, 15) is 9.18 Å². The van der Waals surface area contributed by atoms with Gasteiger partial charge in [-0.25, -0.2) is 14.4 Å². The first-order valence-corrected chi connectivity index (χ1v) is 8.49. The minimum atomic E-state index is -0.480. The van der Waals surface area contributed by atoms with E-state index in [1.54, 1.807) is 31.2 Å². The van der Waals surface area contributed by atoms with Crippen LogP contribution in [0.2, 0.25) is 5.02 Å². The van der Waals surface area contributed by atoms with Crippen LogP contribution < -0.4 is 16.0 Å². The lowest BCUT2D eigenvalue weighted by molar-refractivity contribution is -0.114. The molecule has 0 unspecified atom stereocenters. The number of nitrogens with zero attached hydrogens (tertiary/aromatic N) is 2. The molecule has 1 aromatic heterocycles. The Hall–Kier alpha value is -3.19. The van der Waals surface area contributed by atoms with E-state index in [0.29, 0.717) is 28.8 Å². The van der Waals surface area contributed by atoms with Crippen molar-refractivity contribution in [3.63, 3.8) is 0 Å². The normalized spacial score (nSPS) is 10.4. The minimum absolute atomic E-state index is 0.0309. The van der Waals surface area contributed by atoms with Crippen molar-refractivity contribution >= 4 is 46.2 Å². The molecule has 0 bridgehead atoms. The molecule has 0 fully saturated rings. The highest BCUT2D eigenvalue weighted by molar-refractivity contribution is 6.31. The SMILES string of the molecule is CC(=O)Nc1ccc(Nc2cc(Nc3ccc(F)c(Cl)c3)nc(C)n2)cc1. The number of benzene rings is 2. The van der Waals surface area contributed by atoms with Crippen molar-refractivity contribution < 1.29 is 9.18 Å². The maximum atomic E-state index is 13.3. The first-order chi connectivity index (χ1) is 12.9. The van der Waals surface area contributed by atoms with Gasteiger partial charge < -0.3 is 16.0 Å². The number of rotatable bonds is 5. The summed E-state index contributed by atoms with van der Waals surface area (Å²) in [6.45, 7) is 3.23. The molecule has 3 N–H and O–H groups in total. The Labute approximate surface area is 160 Å². The highest BCUT2D eigenvalue weighted by atomic mass is 35.5. The van der Waals surface area contributed by atoms with Crippen molar-refractivity contribution in [1.29, 1.82) is 0 Å². The molecule has 3 aromatic rings. The lowest BCUT2D eigenvalue weighted by Crippen LogP contribution is -2.05. The van der Waals surface area contributed by atoms with Gasteiger partial charge in [-0.2, -0.15) is 0 Å². The average molecular weight is 386 g/mol. The molecule has 8 heteroatoms. The molecule has 0 saturated heterocycles. The van der Waals surface area contributed by atoms with Crippen LogP contribution in [0.1, 0.15) is 12.7 Å². The van der Waals surface area contributed by atoms with Gasteiger partial charge in [0.1, 0.15) is 23.3 Å².